The molecule has 31 heavy (non-hydrogen) atoms. The fourth-order valence-electron chi connectivity index (χ4n) is 3.92. The molecule has 6 heteroatoms. The highest BCUT2D eigenvalue weighted by molar-refractivity contribution is 6.14. The minimum Gasteiger partial charge on any atom is -0.322 e. The van der Waals surface area contributed by atoms with Crippen molar-refractivity contribution in [1.29, 1.82) is 0 Å². The Labute approximate surface area is 179 Å². The third kappa shape index (κ3) is 3.61. The van der Waals surface area contributed by atoms with Crippen LogP contribution < -0.4 is 5.32 Å². The molecular weight excluding hydrogens is 388 g/mol. The number of anilines is 1. The second-order valence-corrected chi connectivity index (χ2v) is 8.01. The van der Waals surface area contributed by atoms with E-state index < -0.39 is 0 Å². The van der Waals surface area contributed by atoms with Gasteiger partial charge in [-0.3, -0.25) is 14.3 Å². The van der Waals surface area contributed by atoms with Gasteiger partial charge >= 0.3 is 0 Å². The number of hydrogen-bond acceptors (Lipinski definition) is 4. The van der Waals surface area contributed by atoms with Gasteiger partial charge in [0.15, 0.2) is 11.4 Å². The quantitative estimate of drug-likeness (QED) is 0.487. The van der Waals surface area contributed by atoms with Crippen LogP contribution in [-0.2, 0) is 7.05 Å². The van der Waals surface area contributed by atoms with Crippen LogP contribution in [0.15, 0.2) is 60.7 Å². The van der Waals surface area contributed by atoms with Crippen molar-refractivity contribution in [2.24, 2.45) is 7.05 Å². The number of nitrogens with one attached hydrogen (secondary N) is 1. The number of ketones is 1. The predicted molar refractivity (Wildman–Crippen MR) is 119 cm³/mol. The van der Waals surface area contributed by atoms with Crippen LogP contribution in [0.2, 0.25) is 0 Å². The van der Waals surface area contributed by atoms with Gasteiger partial charge < -0.3 is 5.32 Å². The smallest absolute Gasteiger partial charge is 0.256 e. The molecule has 2 aromatic carbocycles. The van der Waals surface area contributed by atoms with E-state index in [-0.39, 0.29) is 11.7 Å². The van der Waals surface area contributed by atoms with Crippen molar-refractivity contribution < 1.29 is 9.59 Å². The molecule has 2 heterocycles. The van der Waals surface area contributed by atoms with Crippen molar-refractivity contribution in [2.75, 3.05) is 5.32 Å². The van der Waals surface area contributed by atoms with Crippen LogP contribution in [0.25, 0.3) is 11.0 Å². The molecule has 1 aliphatic carbocycles. The second-order valence-electron chi connectivity index (χ2n) is 8.01. The number of rotatable bonds is 5. The van der Waals surface area contributed by atoms with Gasteiger partial charge in [0, 0.05) is 35.5 Å². The third-order valence-corrected chi connectivity index (χ3v) is 5.65. The van der Waals surface area contributed by atoms with Gasteiger partial charge in [0.1, 0.15) is 0 Å². The number of aromatic nitrogens is 3. The van der Waals surface area contributed by atoms with Crippen molar-refractivity contribution in [2.45, 2.75) is 25.7 Å². The summed E-state index contributed by atoms with van der Waals surface area (Å²) >= 11 is 0. The molecule has 0 spiro atoms. The summed E-state index contributed by atoms with van der Waals surface area (Å²) in [5.41, 5.74) is 4.71. The first-order valence-electron chi connectivity index (χ1n) is 10.4. The molecule has 0 radical (unpaired) electrons. The number of aryl methyl sites for hydroxylation is 2. The molecule has 154 valence electrons. The van der Waals surface area contributed by atoms with Crippen LogP contribution in [-0.4, -0.2) is 26.5 Å². The minimum absolute atomic E-state index is 0.0814. The van der Waals surface area contributed by atoms with Crippen LogP contribution in [0.4, 0.5) is 5.69 Å². The Morgan fingerprint density at radius 2 is 1.74 bits per heavy atom. The van der Waals surface area contributed by atoms with E-state index in [1.165, 1.54) is 0 Å². The molecule has 2 aromatic heterocycles. The number of nitrogens with zero attached hydrogens (tertiary/aromatic N) is 3. The van der Waals surface area contributed by atoms with Gasteiger partial charge in [-0.05, 0) is 38.0 Å². The lowest BCUT2D eigenvalue weighted by atomic mass is 10.0. The van der Waals surface area contributed by atoms with Gasteiger partial charge in [-0.15, -0.1) is 0 Å². The van der Waals surface area contributed by atoms with Gasteiger partial charge in [0.25, 0.3) is 5.91 Å². The standard InChI is InChI=1S/C25H22N4O2/c1-15-22-20(14-21(16-11-12-16)27-24(22)29(2)28-15)25(31)26-19-10-6-9-18(13-19)23(30)17-7-4-3-5-8-17/h3-10,13-14,16H,11-12H2,1-2H3,(H,26,31). The van der Waals surface area contributed by atoms with Gasteiger partial charge in [-0.25, -0.2) is 4.98 Å². The summed E-state index contributed by atoms with van der Waals surface area (Å²) in [5, 5.41) is 8.19. The Kier molecular flexibility index (Phi) is 4.62. The molecule has 1 amide bonds. The van der Waals surface area contributed by atoms with E-state index in [9.17, 15) is 9.59 Å². The molecule has 1 aliphatic rings. The SMILES string of the molecule is Cc1nn(C)c2nc(C3CC3)cc(C(=O)Nc3cccc(C(=O)c4ccccc4)c3)c12. The fraction of sp³-hybridized carbons (Fsp3) is 0.200. The fourth-order valence-corrected chi connectivity index (χ4v) is 3.92. The summed E-state index contributed by atoms with van der Waals surface area (Å²) in [4.78, 5) is 30.8. The summed E-state index contributed by atoms with van der Waals surface area (Å²) in [5.74, 6) is 0.106. The van der Waals surface area contributed by atoms with Crippen molar-refractivity contribution in [3.05, 3.63) is 88.7 Å². The first kappa shape index (κ1) is 19.2. The zero-order chi connectivity index (χ0) is 21.5. The lowest BCUT2D eigenvalue weighted by Gasteiger charge is -2.10. The lowest BCUT2D eigenvalue weighted by molar-refractivity contribution is 0.102. The summed E-state index contributed by atoms with van der Waals surface area (Å²) in [6, 6.07) is 18.0. The monoisotopic (exact) mass is 410 g/mol. The first-order valence-corrected chi connectivity index (χ1v) is 10.4. The summed E-state index contributed by atoms with van der Waals surface area (Å²) in [7, 11) is 1.85. The lowest BCUT2D eigenvalue weighted by Crippen LogP contribution is -2.14. The molecule has 0 aliphatic heterocycles. The van der Waals surface area contributed by atoms with E-state index in [0.29, 0.717) is 28.3 Å². The van der Waals surface area contributed by atoms with Crippen LogP contribution in [0, 0.1) is 6.92 Å². The molecule has 4 aromatic rings. The number of hydrogen-bond donors (Lipinski definition) is 1. The minimum atomic E-state index is -0.227. The highest BCUT2D eigenvalue weighted by atomic mass is 16.1. The van der Waals surface area contributed by atoms with Gasteiger partial charge in [0.05, 0.1) is 16.6 Å². The molecule has 5 rings (SSSR count). The summed E-state index contributed by atoms with van der Waals surface area (Å²) in [6.07, 6.45) is 2.19. The highest BCUT2D eigenvalue weighted by Crippen LogP contribution is 2.40. The molecule has 1 N–H and O–H groups in total. The molecule has 0 saturated heterocycles. The zero-order valence-electron chi connectivity index (χ0n) is 17.4. The largest absolute Gasteiger partial charge is 0.322 e. The van der Waals surface area contributed by atoms with Crippen LogP contribution in [0.3, 0.4) is 0 Å². The van der Waals surface area contributed by atoms with Gasteiger partial charge in [0.2, 0.25) is 0 Å². The Bertz CT molecular complexity index is 1320. The normalized spacial score (nSPS) is 13.4. The Morgan fingerprint density at radius 3 is 2.48 bits per heavy atom. The van der Waals surface area contributed by atoms with Crippen LogP contribution >= 0.6 is 0 Å². The predicted octanol–water partition coefficient (Wildman–Crippen LogP) is 4.64. The van der Waals surface area contributed by atoms with E-state index in [2.05, 4.69) is 10.4 Å². The van der Waals surface area contributed by atoms with Crippen molar-refractivity contribution in [3.63, 3.8) is 0 Å². The number of carbonyl (C=O) groups excluding carboxylic acids is 2. The maximum atomic E-state index is 13.3. The van der Waals surface area contributed by atoms with Crippen molar-refractivity contribution in [1.82, 2.24) is 14.8 Å². The van der Waals surface area contributed by atoms with Crippen LogP contribution in [0.1, 0.15) is 56.4 Å². The zero-order valence-corrected chi connectivity index (χ0v) is 17.4. The van der Waals surface area contributed by atoms with E-state index in [4.69, 9.17) is 4.98 Å². The van der Waals surface area contributed by atoms with E-state index in [1.54, 1.807) is 41.1 Å². The van der Waals surface area contributed by atoms with Gasteiger partial charge in [-0.2, -0.15) is 5.10 Å². The van der Waals surface area contributed by atoms with E-state index in [1.807, 2.05) is 38.2 Å². The second kappa shape index (κ2) is 7.47. The average Bonchev–Trinajstić information content (AvgIpc) is 3.59. The molecule has 6 nitrogen and oxygen atoms in total. The Hall–Kier alpha value is -3.80. The van der Waals surface area contributed by atoms with E-state index >= 15 is 0 Å². The molecule has 0 unspecified atom stereocenters. The number of benzene rings is 2. The average molecular weight is 410 g/mol. The maximum Gasteiger partial charge on any atom is 0.256 e. The van der Waals surface area contributed by atoms with Crippen molar-refractivity contribution >= 4 is 28.4 Å². The Morgan fingerprint density at radius 1 is 1.00 bits per heavy atom. The van der Waals surface area contributed by atoms with Gasteiger partial charge in [-0.1, -0.05) is 42.5 Å². The first-order chi connectivity index (χ1) is 15.0. The molecule has 0 atom stereocenters. The molecular formula is C25H22N4O2. The molecule has 1 saturated carbocycles. The number of fused-ring (bicyclic) bond motifs is 1. The summed E-state index contributed by atoms with van der Waals surface area (Å²) < 4.78 is 1.73. The van der Waals surface area contributed by atoms with Crippen molar-refractivity contribution in [3.8, 4) is 0 Å². The molecule has 1 fully saturated rings. The maximum absolute atomic E-state index is 13.3. The van der Waals surface area contributed by atoms with Crippen LogP contribution in [0.5, 0.6) is 0 Å². The molecule has 0 bridgehead atoms. The number of pyridine rings is 1. The topological polar surface area (TPSA) is 76.9 Å². The van der Waals surface area contributed by atoms with E-state index in [0.717, 1.165) is 35.3 Å². The Balaban J connectivity index is 1.48. The number of carbonyl (C=O) groups is 2. The number of amides is 1. The highest BCUT2D eigenvalue weighted by Gasteiger charge is 2.28. The third-order valence-electron chi connectivity index (χ3n) is 5.65. The summed E-state index contributed by atoms with van der Waals surface area (Å²) in [6.45, 7) is 1.89.